The molecular formula is C14H12N2O3S. The average molecular weight is 288 g/mol. The Balaban J connectivity index is 2.42. The summed E-state index contributed by atoms with van der Waals surface area (Å²) < 4.78 is 28.7. The molecule has 102 valence electrons. The highest BCUT2D eigenvalue weighted by Crippen LogP contribution is 2.32. The summed E-state index contributed by atoms with van der Waals surface area (Å²) in [5.41, 5.74) is 6.32. The third-order valence-corrected chi connectivity index (χ3v) is 3.77. The molecule has 0 aliphatic rings. The molecule has 0 fully saturated rings. The molecule has 0 unspecified atom stereocenters. The summed E-state index contributed by atoms with van der Waals surface area (Å²) in [6.45, 7) is 0. The second-order valence-electron chi connectivity index (χ2n) is 4.18. The normalized spacial score (nSPS) is 10.8. The van der Waals surface area contributed by atoms with Crippen LogP contribution in [0.2, 0.25) is 0 Å². The first-order chi connectivity index (χ1) is 9.41. The van der Waals surface area contributed by atoms with Gasteiger partial charge in [0.1, 0.15) is 5.75 Å². The van der Waals surface area contributed by atoms with Crippen LogP contribution in [0.1, 0.15) is 5.56 Å². The van der Waals surface area contributed by atoms with Crippen LogP contribution in [-0.2, 0) is 9.84 Å². The monoisotopic (exact) mass is 288 g/mol. The van der Waals surface area contributed by atoms with Gasteiger partial charge in [-0.1, -0.05) is 12.1 Å². The van der Waals surface area contributed by atoms with E-state index in [0.717, 1.165) is 6.26 Å². The van der Waals surface area contributed by atoms with Gasteiger partial charge in [-0.05, 0) is 30.3 Å². The lowest BCUT2D eigenvalue weighted by molar-refractivity contribution is 0.483. The number of benzene rings is 2. The number of anilines is 1. The van der Waals surface area contributed by atoms with Crippen LogP contribution in [0, 0.1) is 11.3 Å². The molecule has 2 aromatic carbocycles. The number of para-hydroxylation sites is 1. The zero-order valence-corrected chi connectivity index (χ0v) is 11.5. The van der Waals surface area contributed by atoms with Crippen molar-refractivity contribution in [3.63, 3.8) is 0 Å². The Morgan fingerprint density at radius 2 is 1.90 bits per heavy atom. The minimum absolute atomic E-state index is 0.0198. The van der Waals surface area contributed by atoms with Gasteiger partial charge in [0, 0.05) is 6.26 Å². The number of nitrogens with zero attached hydrogens (tertiary/aromatic N) is 1. The molecule has 2 rings (SSSR count). The van der Waals surface area contributed by atoms with Crippen molar-refractivity contribution in [2.24, 2.45) is 0 Å². The predicted molar refractivity (Wildman–Crippen MR) is 75.2 cm³/mol. The van der Waals surface area contributed by atoms with Gasteiger partial charge in [-0.3, -0.25) is 0 Å². The largest absolute Gasteiger partial charge is 0.455 e. The average Bonchev–Trinajstić information content (AvgIpc) is 2.40. The number of hydrogen-bond acceptors (Lipinski definition) is 5. The predicted octanol–water partition coefficient (Wildman–Crippen LogP) is 2.34. The Morgan fingerprint density at radius 3 is 2.55 bits per heavy atom. The third-order valence-electron chi connectivity index (χ3n) is 2.62. The first kappa shape index (κ1) is 13.9. The van der Waals surface area contributed by atoms with E-state index in [1.807, 2.05) is 6.07 Å². The molecule has 6 heteroatoms. The molecule has 0 heterocycles. The van der Waals surface area contributed by atoms with Gasteiger partial charge in [-0.25, -0.2) is 8.42 Å². The molecule has 2 aromatic rings. The molecule has 0 radical (unpaired) electrons. The van der Waals surface area contributed by atoms with Crippen LogP contribution in [0.15, 0.2) is 47.4 Å². The number of sulfone groups is 1. The van der Waals surface area contributed by atoms with Crippen LogP contribution in [0.3, 0.4) is 0 Å². The first-order valence-corrected chi connectivity index (χ1v) is 7.57. The second kappa shape index (κ2) is 5.23. The summed E-state index contributed by atoms with van der Waals surface area (Å²) >= 11 is 0. The van der Waals surface area contributed by atoms with Crippen molar-refractivity contribution in [1.29, 1.82) is 5.26 Å². The quantitative estimate of drug-likeness (QED) is 0.875. The lowest BCUT2D eigenvalue weighted by Gasteiger charge is -2.11. The summed E-state index contributed by atoms with van der Waals surface area (Å²) in [7, 11) is -3.42. The van der Waals surface area contributed by atoms with E-state index in [1.54, 1.807) is 36.4 Å². The zero-order valence-electron chi connectivity index (χ0n) is 10.7. The Labute approximate surface area is 117 Å². The standard InChI is InChI=1S/C14H12N2O3S/c1-20(17,18)13-7-3-6-12(14(13)16)19-11-5-2-4-10(8-11)9-15/h2-8H,16H2,1H3. The molecule has 0 saturated heterocycles. The summed E-state index contributed by atoms with van der Waals surface area (Å²) in [6, 6.07) is 13.1. The number of ether oxygens (including phenoxy) is 1. The van der Waals surface area contributed by atoms with Gasteiger partial charge in [0.15, 0.2) is 15.6 Å². The zero-order chi connectivity index (χ0) is 14.8. The van der Waals surface area contributed by atoms with Crippen LogP contribution < -0.4 is 10.5 Å². The van der Waals surface area contributed by atoms with E-state index in [2.05, 4.69) is 0 Å². The van der Waals surface area contributed by atoms with Crippen molar-refractivity contribution in [3.05, 3.63) is 48.0 Å². The van der Waals surface area contributed by atoms with E-state index >= 15 is 0 Å². The van der Waals surface area contributed by atoms with Gasteiger partial charge >= 0.3 is 0 Å². The van der Waals surface area contributed by atoms with E-state index in [1.165, 1.54) is 6.07 Å². The summed E-state index contributed by atoms with van der Waals surface area (Å²) in [5, 5.41) is 8.82. The van der Waals surface area contributed by atoms with Crippen LogP contribution in [-0.4, -0.2) is 14.7 Å². The number of nitrogen functional groups attached to an aromatic ring is 1. The van der Waals surface area contributed by atoms with E-state index < -0.39 is 9.84 Å². The van der Waals surface area contributed by atoms with Gasteiger partial charge in [0.2, 0.25) is 0 Å². The minimum Gasteiger partial charge on any atom is -0.455 e. The smallest absolute Gasteiger partial charge is 0.177 e. The molecule has 0 spiro atoms. The number of hydrogen-bond donors (Lipinski definition) is 1. The van der Waals surface area contributed by atoms with E-state index in [9.17, 15) is 8.42 Å². The molecule has 0 aliphatic heterocycles. The topological polar surface area (TPSA) is 93.2 Å². The lowest BCUT2D eigenvalue weighted by Crippen LogP contribution is -2.03. The molecule has 2 N–H and O–H groups in total. The Morgan fingerprint density at radius 1 is 1.20 bits per heavy atom. The molecule has 20 heavy (non-hydrogen) atoms. The SMILES string of the molecule is CS(=O)(=O)c1cccc(Oc2cccc(C#N)c2)c1N. The van der Waals surface area contributed by atoms with Crippen molar-refractivity contribution < 1.29 is 13.2 Å². The number of nitrogens with two attached hydrogens (primary N) is 1. The van der Waals surface area contributed by atoms with Crippen LogP contribution >= 0.6 is 0 Å². The van der Waals surface area contributed by atoms with Gasteiger partial charge in [-0.15, -0.1) is 0 Å². The summed E-state index contributed by atoms with van der Waals surface area (Å²) in [6.07, 6.45) is 1.08. The van der Waals surface area contributed by atoms with Crippen LogP contribution in [0.4, 0.5) is 5.69 Å². The first-order valence-electron chi connectivity index (χ1n) is 5.68. The van der Waals surface area contributed by atoms with Gasteiger partial charge < -0.3 is 10.5 Å². The highest BCUT2D eigenvalue weighted by atomic mass is 32.2. The molecule has 0 aliphatic carbocycles. The number of rotatable bonds is 3. The Hall–Kier alpha value is -2.52. The molecule has 0 amide bonds. The fourth-order valence-corrected chi connectivity index (χ4v) is 2.52. The van der Waals surface area contributed by atoms with E-state index in [-0.39, 0.29) is 16.3 Å². The maximum absolute atomic E-state index is 11.6. The summed E-state index contributed by atoms with van der Waals surface area (Å²) in [5.74, 6) is 0.657. The molecule has 5 nitrogen and oxygen atoms in total. The van der Waals surface area contributed by atoms with Gasteiger partial charge in [0.25, 0.3) is 0 Å². The van der Waals surface area contributed by atoms with Crippen molar-refractivity contribution in [3.8, 4) is 17.6 Å². The van der Waals surface area contributed by atoms with Crippen LogP contribution in [0.25, 0.3) is 0 Å². The molecule has 0 saturated carbocycles. The molecular weight excluding hydrogens is 276 g/mol. The van der Waals surface area contributed by atoms with E-state index in [0.29, 0.717) is 11.3 Å². The maximum atomic E-state index is 11.6. The van der Waals surface area contributed by atoms with Gasteiger partial charge in [0.05, 0.1) is 22.2 Å². The van der Waals surface area contributed by atoms with Crippen molar-refractivity contribution in [2.75, 3.05) is 12.0 Å². The molecule has 0 bridgehead atoms. The van der Waals surface area contributed by atoms with Gasteiger partial charge in [-0.2, -0.15) is 5.26 Å². The molecule has 0 atom stereocenters. The Kier molecular flexibility index (Phi) is 3.63. The molecule has 0 aromatic heterocycles. The number of nitriles is 1. The van der Waals surface area contributed by atoms with Crippen molar-refractivity contribution in [1.82, 2.24) is 0 Å². The highest BCUT2D eigenvalue weighted by molar-refractivity contribution is 7.90. The third kappa shape index (κ3) is 2.90. The van der Waals surface area contributed by atoms with Crippen LogP contribution in [0.5, 0.6) is 11.5 Å². The lowest BCUT2D eigenvalue weighted by atomic mass is 10.2. The van der Waals surface area contributed by atoms with Crippen molar-refractivity contribution in [2.45, 2.75) is 4.90 Å². The maximum Gasteiger partial charge on any atom is 0.177 e. The fourth-order valence-electron chi connectivity index (χ4n) is 1.69. The summed E-state index contributed by atoms with van der Waals surface area (Å²) in [4.78, 5) is 0.0198. The van der Waals surface area contributed by atoms with E-state index in [4.69, 9.17) is 15.7 Å². The van der Waals surface area contributed by atoms with Crippen molar-refractivity contribution >= 4 is 15.5 Å². The fraction of sp³-hybridized carbons (Fsp3) is 0.0714. The second-order valence-corrected chi connectivity index (χ2v) is 6.17. The Bertz CT molecular complexity index is 792. The highest BCUT2D eigenvalue weighted by Gasteiger charge is 2.15. The minimum atomic E-state index is -3.42.